The van der Waals surface area contributed by atoms with Gasteiger partial charge in [-0.1, -0.05) is 24.3 Å². The molecule has 1 atom stereocenters. The van der Waals surface area contributed by atoms with Crippen molar-refractivity contribution in [1.82, 2.24) is 4.90 Å². The molecule has 0 amide bonds. The van der Waals surface area contributed by atoms with E-state index < -0.39 is 0 Å². The van der Waals surface area contributed by atoms with Gasteiger partial charge in [-0.05, 0) is 31.5 Å². The van der Waals surface area contributed by atoms with Gasteiger partial charge in [0.1, 0.15) is 0 Å². The van der Waals surface area contributed by atoms with Gasteiger partial charge >= 0.3 is 0 Å². The van der Waals surface area contributed by atoms with E-state index in [1.54, 1.807) is 7.11 Å². The average molecular weight is 237 g/mol. The minimum absolute atomic E-state index is 0.374. The Morgan fingerprint density at radius 3 is 2.65 bits per heavy atom. The highest BCUT2D eigenvalue weighted by atomic mass is 16.5. The van der Waals surface area contributed by atoms with Gasteiger partial charge in [0.15, 0.2) is 0 Å². The average Bonchev–Trinajstić information content (AvgIpc) is 2.34. The van der Waals surface area contributed by atoms with E-state index in [9.17, 15) is 5.11 Å². The monoisotopic (exact) mass is 237 g/mol. The summed E-state index contributed by atoms with van der Waals surface area (Å²) in [5.74, 6) is 0. The van der Waals surface area contributed by atoms with Crippen molar-refractivity contribution in [3.63, 3.8) is 0 Å². The quantitative estimate of drug-likeness (QED) is 0.787. The standard InChI is InChI=1S/C14H23NO2/c1-12-6-4-5-7-13(12)14(16)8-9-15(2)10-11-17-3/h4-7,14,16H,8-11H2,1-3H3. The molecule has 1 unspecified atom stereocenters. The fourth-order valence-electron chi connectivity index (χ4n) is 1.82. The molecule has 1 aromatic carbocycles. The molecule has 0 bridgehead atoms. The maximum atomic E-state index is 10.1. The minimum atomic E-state index is -0.374. The van der Waals surface area contributed by atoms with Gasteiger partial charge in [-0.3, -0.25) is 0 Å². The molecular weight excluding hydrogens is 214 g/mol. The van der Waals surface area contributed by atoms with E-state index in [0.29, 0.717) is 0 Å². The Morgan fingerprint density at radius 1 is 1.29 bits per heavy atom. The van der Waals surface area contributed by atoms with Crippen LogP contribution < -0.4 is 0 Å². The summed E-state index contributed by atoms with van der Waals surface area (Å²) in [5.41, 5.74) is 2.19. The number of rotatable bonds is 7. The first kappa shape index (κ1) is 14.2. The van der Waals surface area contributed by atoms with Crippen LogP contribution in [0.25, 0.3) is 0 Å². The topological polar surface area (TPSA) is 32.7 Å². The molecule has 0 aliphatic carbocycles. The Labute approximate surface area is 104 Å². The van der Waals surface area contributed by atoms with E-state index in [1.165, 1.54) is 0 Å². The first-order chi connectivity index (χ1) is 8.15. The van der Waals surface area contributed by atoms with Crippen LogP contribution >= 0.6 is 0 Å². The lowest BCUT2D eigenvalue weighted by molar-refractivity contribution is 0.128. The van der Waals surface area contributed by atoms with Crippen molar-refractivity contribution in [3.05, 3.63) is 35.4 Å². The molecule has 0 saturated heterocycles. The number of benzene rings is 1. The molecule has 1 rings (SSSR count). The summed E-state index contributed by atoms with van der Waals surface area (Å²) in [4.78, 5) is 2.17. The van der Waals surface area contributed by atoms with Crippen LogP contribution in [0.2, 0.25) is 0 Å². The van der Waals surface area contributed by atoms with E-state index in [2.05, 4.69) is 4.90 Å². The molecular formula is C14H23NO2. The molecule has 3 heteroatoms. The largest absolute Gasteiger partial charge is 0.388 e. The number of nitrogens with zero attached hydrogens (tertiary/aromatic N) is 1. The summed E-state index contributed by atoms with van der Waals surface area (Å²) in [7, 11) is 3.75. The molecule has 0 heterocycles. The molecule has 0 radical (unpaired) electrons. The number of ether oxygens (including phenoxy) is 1. The highest BCUT2D eigenvalue weighted by Gasteiger charge is 2.10. The fourth-order valence-corrected chi connectivity index (χ4v) is 1.82. The van der Waals surface area contributed by atoms with Gasteiger partial charge in [-0.2, -0.15) is 0 Å². The van der Waals surface area contributed by atoms with Gasteiger partial charge in [0.25, 0.3) is 0 Å². The van der Waals surface area contributed by atoms with Crippen molar-refractivity contribution in [2.75, 3.05) is 33.9 Å². The summed E-state index contributed by atoms with van der Waals surface area (Å²) >= 11 is 0. The van der Waals surface area contributed by atoms with Crippen LogP contribution in [0.3, 0.4) is 0 Å². The zero-order valence-corrected chi connectivity index (χ0v) is 11.0. The van der Waals surface area contributed by atoms with Crippen molar-refractivity contribution in [2.45, 2.75) is 19.4 Å². The lowest BCUT2D eigenvalue weighted by Gasteiger charge is -2.19. The second kappa shape index (κ2) is 7.43. The van der Waals surface area contributed by atoms with Crippen molar-refractivity contribution in [1.29, 1.82) is 0 Å². The Morgan fingerprint density at radius 2 is 2.00 bits per heavy atom. The first-order valence-corrected chi connectivity index (χ1v) is 6.06. The number of hydrogen-bond donors (Lipinski definition) is 1. The number of hydrogen-bond acceptors (Lipinski definition) is 3. The van der Waals surface area contributed by atoms with Gasteiger partial charge in [0, 0.05) is 20.2 Å². The second-order valence-corrected chi connectivity index (χ2v) is 4.46. The third kappa shape index (κ3) is 4.86. The van der Waals surface area contributed by atoms with Crippen LogP contribution in [0.4, 0.5) is 0 Å². The number of aryl methyl sites for hydroxylation is 1. The minimum Gasteiger partial charge on any atom is -0.388 e. The SMILES string of the molecule is COCCN(C)CCC(O)c1ccccc1C. The smallest absolute Gasteiger partial charge is 0.0804 e. The van der Waals surface area contributed by atoms with E-state index >= 15 is 0 Å². The van der Waals surface area contributed by atoms with Crippen LogP contribution in [0.5, 0.6) is 0 Å². The van der Waals surface area contributed by atoms with Gasteiger partial charge in [-0.25, -0.2) is 0 Å². The first-order valence-electron chi connectivity index (χ1n) is 6.06. The zero-order chi connectivity index (χ0) is 12.7. The van der Waals surface area contributed by atoms with Crippen molar-refractivity contribution < 1.29 is 9.84 Å². The van der Waals surface area contributed by atoms with Gasteiger partial charge in [0.2, 0.25) is 0 Å². The fraction of sp³-hybridized carbons (Fsp3) is 0.571. The summed E-state index contributed by atoms with van der Waals surface area (Å²) in [5, 5.41) is 10.1. The Hall–Kier alpha value is -0.900. The predicted molar refractivity (Wildman–Crippen MR) is 70.1 cm³/mol. The molecule has 0 spiro atoms. The molecule has 96 valence electrons. The predicted octanol–water partition coefficient (Wildman–Crippen LogP) is 2.00. The van der Waals surface area contributed by atoms with Crippen molar-refractivity contribution in [2.24, 2.45) is 0 Å². The zero-order valence-electron chi connectivity index (χ0n) is 11.0. The second-order valence-electron chi connectivity index (χ2n) is 4.46. The van der Waals surface area contributed by atoms with E-state index in [-0.39, 0.29) is 6.10 Å². The van der Waals surface area contributed by atoms with Crippen molar-refractivity contribution >= 4 is 0 Å². The lowest BCUT2D eigenvalue weighted by Crippen LogP contribution is -2.25. The molecule has 1 N–H and O–H groups in total. The molecule has 0 aliphatic rings. The van der Waals surface area contributed by atoms with E-state index in [1.807, 2.05) is 38.2 Å². The van der Waals surface area contributed by atoms with Crippen molar-refractivity contribution in [3.8, 4) is 0 Å². The number of likely N-dealkylation sites (N-methyl/N-ethyl adjacent to an activating group) is 1. The third-order valence-electron chi connectivity index (χ3n) is 3.01. The number of aliphatic hydroxyl groups excluding tert-OH is 1. The number of aliphatic hydroxyl groups is 1. The van der Waals surface area contributed by atoms with Gasteiger partial charge in [0.05, 0.1) is 12.7 Å². The molecule has 0 aromatic heterocycles. The van der Waals surface area contributed by atoms with Crippen LogP contribution in [0.1, 0.15) is 23.7 Å². The van der Waals surface area contributed by atoms with Gasteiger partial charge in [-0.15, -0.1) is 0 Å². The van der Waals surface area contributed by atoms with Crippen LogP contribution in [0, 0.1) is 6.92 Å². The molecule has 3 nitrogen and oxygen atoms in total. The van der Waals surface area contributed by atoms with Gasteiger partial charge < -0.3 is 14.7 Å². The molecule has 0 aliphatic heterocycles. The Kier molecular flexibility index (Phi) is 6.19. The molecule has 0 fully saturated rings. The highest BCUT2D eigenvalue weighted by molar-refractivity contribution is 5.27. The Bertz CT molecular complexity index is 328. The number of methoxy groups -OCH3 is 1. The normalized spacial score (nSPS) is 13.0. The third-order valence-corrected chi connectivity index (χ3v) is 3.01. The van der Waals surface area contributed by atoms with Crippen LogP contribution in [-0.2, 0) is 4.74 Å². The maximum absolute atomic E-state index is 10.1. The van der Waals surface area contributed by atoms with E-state index in [4.69, 9.17) is 4.74 Å². The summed E-state index contributed by atoms with van der Waals surface area (Å²) in [6.45, 7) is 4.54. The highest BCUT2D eigenvalue weighted by Crippen LogP contribution is 2.20. The lowest BCUT2D eigenvalue weighted by atomic mass is 10.0. The molecule has 1 aromatic rings. The summed E-state index contributed by atoms with van der Waals surface area (Å²) < 4.78 is 5.02. The summed E-state index contributed by atoms with van der Waals surface area (Å²) in [6, 6.07) is 8.00. The maximum Gasteiger partial charge on any atom is 0.0804 e. The van der Waals surface area contributed by atoms with Crippen LogP contribution in [-0.4, -0.2) is 43.9 Å². The van der Waals surface area contributed by atoms with E-state index in [0.717, 1.165) is 37.2 Å². The Balaban J connectivity index is 2.39. The van der Waals surface area contributed by atoms with Crippen LogP contribution in [0.15, 0.2) is 24.3 Å². The molecule has 17 heavy (non-hydrogen) atoms. The molecule has 0 saturated carbocycles. The summed E-state index contributed by atoms with van der Waals surface area (Å²) in [6.07, 6.45) is 0.381.